The van der Waals surface area contributed by atoms with Gasteiger partial charge in [-0.2, -0.15) is 0 Å². The van der Waals surface area contributed by atoms with Crippen molar-refractivity contribution in [3.05, 3.63) is 0 Å². The summed E-state index contributed by atoms with van der Waals surface area (Å²) in [5, 5.41) is 0. The van der Waals surface area contributed by atoms with E-state index in [-0.39, 0.29) is 0 Å². The number of hydrogen-bond acceptors (Lipinski definition) is 1. The first kappa shape index (κ1) is 12.7. The predicted molar refractivity (Wildman–Crippen MR) is 64.9 cm³/mol. The van der Waals surface area contributed by atoms with Gasteiger partial charge >= 0.3 is 0 Å². The van der Waals surface area contributed by atoms with E-state index in [1.807, 2.05) is 0 Å². The molecule has 1 atom stereocenters. The molecule has 1 aliphatic rings. The second kappa shape index (κ2) is 5.67. The van der Waals surface area contributed by atoms with E-state index < -0.39 is 0 Å². The van der Waals surface area contributed by atoms with E-state index in [2.05, 4.69) is 13.8 Å². The Morgan fingerprint density at radius 3 is 2.40 bits per heavy atom. The summed E-state index contributed by atoms with van der Waals surface area (Å²) in [6.45, 7) is 6.43. The lowest BCUT2D eigenvalue weighted by atomic mass is 9.81. The molecule has 0 N–H and O–H groups in total. The van der Waals surface area contributed by atoms with Gasteiger partial charge in [-0.15, -0.1) is 0 Å². The van der Waals surface area contributed by atoms with E-state index in [0.717, 1.165) is 18.8 Å². The number of Topliss-reactive ketones (excluding diaryl/α,β-unsaturated/α-hetero) is 1. The first-order valence-electron chi connectivity index (χ1n) is 6.51. The minimum Gasteiger partial charge on any atom is -0.300 e. The van der Waals surface area contributed by atoms with Gasteiger partial charge in [-0.05, 0) is 43.9 Å². The molecule has 1 aliphatic carbocycles. The summed E-state index contributed by atoms with van der Waals surface area (Å²) >= 11 is 0. The van der Waals surface area contributed by atoms with Crippen LogP contribution in [0.1, 0.15) is 72.1 Å². The van der Waals surface area contributed by atoms with Gasteiger partial charge in [-0.3, -0.25) is 0 Å². The van der Waals surface area contributed by atoms with Crippen LogP contribution >= 0.6 is 0 Å². The fraction of sp³-hybridized carbons (Fsp3) is 0.929. The molecule has 1 rings (SSSR count). The highest BCUT2D eigenvalue weighted by Crippen LogP contribution is 2.42. The molecule has 0 aliphatic heterocycles. The molecular formula is C14H26O. The molecule has 0 aromatic rings. The van der Waals surface area contributed by atoms with Crippen molar-refractivity contribution < 1.29 is 4.79 Å². The lowest BCUT2D eigenvalue weighted by Crippen LogP contribution is -2.12. The van der Waals surface area contributed by atoms with Crippen LogP contribution in [0.2, 0.25) is 0 Å². The van der Waals surface area contributed by atoms with Crippen LogP contribution in [0.5, 0.6) is 0 Å². The standard InChI is InChI=1S/C14H26O/c1-12(6-7-13(2)15)8-11-14(3)9-4-5-10-14/h12H,4-11H2,1-3H3. The van der Waals surface area contributed by atoms with E-state index in [4.69, 9.17) is 0 Å². The third-order valence-electron chi connectivity index (χ3n) is 4.04. The Morgan fingerprint density at radius 2 is 1.87 bits per heavy atom. The maximum Gasteiger partial charge on any atom is 0.129 e. The highest BCUT2D eigenvalue weighted by molar-refractivity contribution is 5.75. The van der Waals surface area contributed by atoms with Gasteiger partial charge in [0.05, 0.1) is 0 Å². The quantitative estimate of drug-likeness (QED) is 0.637. The van der Waals surface area contributed by atoms with E-state index in [9.17, 15) is 4.79 Å². The highest BCUT2D eigenvalue weighted by Gasteiger charge is 2.28. The van der Waals surface area contributed by atoms with E-state index in [1.165, 1.54) is 38.5 Å². The van der Waals surface area contributed by atoms with E-state index >= 15 is 0 Å². The lowest BCUT2D eigenvalue weighted by Gasteiger charge is -2.25. The van der Waals surface area contributed by atoms with Gasteiger partial charge in [0.25, 0.3) is 0 Å². The smallest absolute Gasteiger partial charge is 0.129 e. The van der Waals surface area contributed by atoms with Crippen LogP contribution in [-0.4, -0.2) is 5.78 Å². The van der Waals surface area contributed by atoms with Crippen LogP contribution in [0.4, 0.5) is 0 Å². The average molecular weight is 210 g/mol. The van der Waals surface area contributed by atoms with Crippen molar-refractivity contribution in [1.29, 1.82) is 0 Å². The molecule has 0 heterocycles. The Kier molecular flexibility index (Phi) is 4.82. The van der Waals surface area contributed by atoms with Crippen molar-refractivity contribution in [2.24, 2.45) is 11.3 Å². The Hall–Kier alpha value is -0.330. The zero-order chi connectivity index (χ0) is 11.3. The summed E-state index contributed by atoms with van der Waals surface area (Å²) in [7, 11) is 0. The summed E-state index contributed by atoms with van der Waals surface area (Å²) in [6.07, 6.45) is 10.2. The highest BCUT2D eigenvalue weighted by atomic mass is 16.1. The lowest BCUT2D eigenvalue weighted by molar-refractivity contribution is -0.117. The second-order valence-electron chi connectivity index (χ2n) is 5.90. The molecule has 0 saturated heterocycles. The van der Waals surface area contributed by atoms with Crippen molar-refractivity contribution in [1.82, 2.24) is 0 Å². The third kappa shape index (κ3) is 4.81. The number of carbonyl (C=O) groups excluding carboxylic acids is 1. The van der Waals surface area contributed by atoms with Gasteiger partial charge in [0, 0.05) is 6.42 Å². The zero-order valence-corrected chi connectivity index (χ0v) is 10.6. The van der Waals surface area contributed by atoms with Crippen molar-refractivity contribution in [3.63, 3.8) is 0 Å². The van der Waals surface area contributed by atoms with Crippen molar-refractivity contribution in [2.75, 3.05) is 0 Å². The number of ketones is 1. The van der Waals surface area contributed by atoms with Crippen LogP contribution in [0.3, 0.4) is 0 Å². The van der Waals surface area contributed by atoms with Gasteiger partial charge in [0.15, 0.2) is 0 Å². The van der Waals surface area contributed by atoms with Gasteiger partial charge in [0.1, 0.15) is 5.78 Å². The van der Waals surface area contributed by atoms with Crippen LogP contribution in [-0.2, 0) is 4.79 Å². The second-order valence-corrected chi connectivity index (χ2v) is 5.90. The maximum atomic E-state index is 10.9. The predicted octanol–water partition coefficient (Wildman–Crippen LogP) is 4.35. The molecule has 1 fully saturated rings. The molecule has 0 spiro atoms. The third-order valence-corrected chi connectivity index (χ3v) is 4.04. The van der Waals surface area contributed by atoms with Crippen molar-refractivity contribution in [3.8, 4) is 0 Å². The van der Waals surface area contributed by atoms with Crippen LogP contribution in [0.25, 0.3) is 0 Å². The summed E-state index contributed by atoms with van der Waals surface area (Å²) in [5.41, 5.74) is 0.629. The fourth-order valence-corrected chi connectivity index (χ4v) is 2.67. The Bertz CT molecular complexity index is 201. The monoisotopic (exact) mass is 210 g/mol. The SMILES string of the molecule is CC(=O)CCC(C)CCC1(C)CCCC1. The minimum absolute atomic E-state index is 0.342. The first-order chi connectivity index (χ1) is 7.02. The molecule has 88 valence electrons. The summed E-state index contributed by atoms with van der Waals surface area (Å²) in [6, 6.07) is 0. The average Bonchev–Trinajstić information content (AvgIpc) is 2.60. The number of rotatable bonds is 6. The molecule has 1 saturated carbocycles. The number of carbonyl (C=O) groups is 1. The van der Waals surface area contributed by atoms with Crippen LogP contribution in [0, 0.1) is 11.3 Å². The molecular weight excluding hydrogens is 184 g/mol. The normalized spacial score (nSPS) is 21.5. The molecule has 0 aromatic heterocycles. The zero-order valence-electron chi connectivity index (χ0n) is 10.6. The maximum absolute atomic E-state index is 10.9. The summed E-state index contributed by atoms with van der Waals surface area (Å²) in [4.78, 5) is 10.9. The largest absolute Gasteiger partial charge is 0.300 e. The van der Waals surface area contributed by atoms with E-state index in [0.29, 0.717) is 11.2 Å². The molecule has 1 unspecified atom stereocenters. The first-order valence-corrected chi connectivity index (χ1v) is 6.51. The molecule has 0 amide bonds. The molecule has 0 aromatic carbocycles. The van der Waals surface area contributed by atoms with Gasteiger partial charge < -0.3 is 4.79 Å². The fourth-order valence-electron chi connectivity index (χ4n) is 2.67. The molecule has 1 nitrogen and oxygen atoms in total. The van der Waals surface area contributed by atoms with Gasteiger partial charge in [-0.25, -0.2) is 0 Å². The molecule has 15 heavy (non-hydrogen) atoms. The molecule has 1 heteroatoms. The minimum atomic E-state index is 0.342. The van der Waals surface area contributed by atoms with Gasteiger partial charge in [0.2, 0.25) is 0 Å². The summed E-state index contributed by atoms with van der Waals surface area (Å²) < 4.78 is 0. The topological polar surface area (TPSA) is 17.1 Å². The number of hydrogen-bond donors (Lipinski definition) is 0. The molecule has 0 bridgehead atoms. The Morgan fingerprint density at radius 1 is 1.27 bits per heavy atom. The molecule has 0 radical (unpaired) electrons. The summed E-state index contributed by atoms with van der Waals surface area (Å²) in [5.74, 6) is 1.07. The van der Waals surface area contributed by atoms with Crippen LogP contribution < -0.4 is 0 Å². The van der Waals surface area contributed by atoms with Crippen LogP contribution in [0.15, 0.2) is 0 Å². The van der Waals surface area contributed by atoms with Gasteiger partial charge in [-0.1, -0.05) is 33.1 Å². The van der Waals surface area contributed by atoms with E-state index in [1.54, 1.807) is 6.92 Å². The Labute approximate surface area is 94.6 Å². The Balaban J connectivity index is 2.15. The van der Waals surface area contributed by atoms with Crippen molar-refractivity contribution >= 4 is 5.78 Å². The van der Waals surface area contributed by atoms with Crippen molar-refractivity contribution in [2.45, 2.75) is 72.1 Å².